The maximum absolute atomic E-state index is 12.2. The lowest BCUT2D eigenvalue weighted by Gasteiger charge is -2.12. The summed E-state index contributed by atoms with van der Waals surface area (Å²) in [6, 6.07) is 7.39. The molecule has 0 fully saturated rings. The van der Waals surface area contributed by atoms with Crippen LogP contribution in [0.4, 0.5) is 0 Å². The fraction of sp³-hybridized carbons (Fsp3) is 0.250. The number of aromatic nitrogens is 1. The Morgan fingerprint density at radius 1 is 1.25 bits per heavy atom. The largest absolute Gasteiger partial charge is 0.496 e. The molecule has 0 bridgehead atoms. The molecule has 0 spiro atoms. The van der Waals surface area contributed by atoms with Crippen LogP contribution in [0.3, 0.4) is 0 Å². The van der Waals surface area contributed by atoms with Crippen molar-refractivity contribution >= 4 is 5.91 Å². The minimum absolute atomic E-state index is 0.0860. The van der Waals surface area contributed by atoms with Crippen molar-refractivity contribution in [2.24, 2.45) is 0 Å². The van der Waals surface area contributed by atoms with Gasteiger partial charge in [-0.25, -0.2) is 0 Å². The number of carbonyl (C=O) groups is 1. The van der Waals surface area contributed by atoms with Gasteiger partial charge in [-0.15, -0.1) is 0 Å². The molecule has 1 heterocycles. The third-order valence-electron chi connectivity index (χ3n) is 3.38. The summed E-state index contributed by atoms with van der Waals surface area (Å²) in [5.41, 5.74) is 3.57. The Morgan fingerprint density at radius 2 is 2.05 bits per heavy atom. The van der Waals surface area contributed by atoms with Crippen molar-refractivity contribution < 1.29 is 9.53 Å². The summed E-state index contributed by atoms with van der Waals surface area (Å²) < 4.78 is 5.25. The van der Waals surface area contributed by atoms with Crippen LogP contribution in [-0.4, -0.2) is 18.0 Å². The molecule has 1 aromatic carbocycles. The van der Waals surface area contributed by atoms with E-state index in [9.17, 15) is 4.79 Å². The summed E-state index contributed by atoms with van der Waals surface area (Å²) in [5, 5.41) is 2.90. The van der Waals surface area contributed by atoms with Crippen molar-refractivity contribution in [2.75, 3.05) is 7.11 Å². The van der Waals surface area contributed by atoms with Crippen molar-refractivity contribution in [1.82, 2.24) is 10.3 Å². The summed E-state index contributed by atoms with van der Waals surface area (Å²) in [6.07, 6.45) is 3.45. The SMILES string of the molecule is COc1ccc(C(=O)NCc2cccnc2)c(C)c1C. The minimum Gasteiger partial charge on any atom is -0.496 e. The first-order chi connectivity index (χ1) is 9.63. The number of methoxy groups -OCH3 is 1. The average Bonchev–Trinajstić information content (AvgIpc) is 2.48. The monoisotopic (exact) mass is 270 g/mol. The number of pyridine rings is 1. The van der Waals surface area contributed by atoms with Crippen LogP contribution in [0.5, 0.6) is 5.75 Å². The average molecular weight is 270 g/mol. The second-order valence-corrected chi connectivity index (χ2v) is 4.61. The van der Waals surface area contributed by atoms with Gasteiger partial charge in [0.2, 0.25) is 0 Å². The van der Waals surface area contributed by atoms with Gasteiger partial charge in [-0.1, -0.05) is 6.07 Å². The van der Waals surface area contributed by atoms with E-state index >= 15 is 0 Å². The van der Waals surface area contributed by atoms with Gasteiger partial charge in [0.25, 0.3) is 5.91 Å². The van der Waals surface area contributed by atoms with E-state index in [4.69, 9.17) is 4.74 Å². The summed E-state index contributed by atoms with van der Waals surface area (Å²) in [5.74, 6) is 0.711. The van der Waals surface area contributed by atoms with E-state index < -0.39 is 0 Å². The Labute approximate surface area is 118 Å². The maximum Gasteiger partial charge on any atom is 0.251 e. The van der Waals surface area contributed by atoms with Gasteiger partial charge in [-0.2, -0.15) is 0 Å². The second-order valence-electron chi connectivity index (χ2n) is 4.61. The molecule has 2 aromatic rings. The van der Waals surface area contributed by atoms with E-state index in [2.05, 4.69) is 10.3 Å². The molecule has 0 aliphatic rings. The van der Waals surface area contributed by atoms with Crippen LogP contribution < -0.4 is 10.1 Å². The van der Waals surface area contributed by atoms with E-state index in [0.29, 0.717) is 12.1 Å². The number of hydrogen-bond acceptors (Lipinski definition) is 3. The van der Waals surface area contributed by atoms with Gasteiger partial charge in [0, 0.05) is 24.5 Å². The zero-order valence-electron chi connectivity index (χ0n) is 11.9. The predicted octanol–water partition coefficient (Wildman–Crippen LogP) is 2.64. The molecule has 104 valence electrons. The van der Waals surface area contributed by atoms with E-state index in [-0.39, 0.29) is 5.91 Å². The molecule has 0 unspecified atom stereocenters. The summed E-state index contributed by atoms with van der Waals surface area (Å²) in [6.45, 7) is 4.35. The number of nitrogens with zero attached hydrogens (tertiary/aromatic N) is 1. The molecule has 4 nitrogen and oxygen atoms in total. The topological polar surface area (TPSA) is 51.2 Å². The molecule has 2 rings (SSSR count). The second kappa shape index (κ2) is 6.19. The number of benzene rings is 1. The van der Waals surface area contributed by atoms with E-state index in [0.717, 1.165) is 22.4 Å². The summed E-state index contributed by atoms with van der Waals surface area (Å²) in [7, 11) is 1.63. The number of carbonyl (C=O) groups excluding carboxylic acids is 1. The van der Waals surface area contributed by atoms with E-state index in [1.165, 1.54) is 0 Å². The highest BCUT2D eigenvalue weighted by Crippen LogP contribution is 2.23. The highest BCUT2D eigenvalue weighted by Gasteiger charge is 2.12. The molecule has 1 aromatic heterocycles. The van der Waals surface area contributed by atoms with Crippen LogP contribution in [0.15, 0.2) is 36.7 Å². The number of nitrogens with one attached hydrogen (secondary N) is 1. The summed E-state index contributed by atoms with van der Waals surface area (Å²) in [4.78, 5) is 16.2. The number of ether oxygens (including phenoxy) is 1. The van der Waals surface area contributed by atoms with Crippen molar-refractivity contribution in [3.05, 3.63) is 58.9 Å². The smallest absolute Gasteiger partial charge is 0.251 e. The predicted molar refractivity (Wildman–Crippen MR) is 77.9 cm³/mol. The first kappa shape index (κ1) is 14.1. The molecule has 0 aliphatic heterocycles. The standard InChI is InChI=1S/C16H18N2O2/c1-11-12(2)15(20-3)7-6-14(11)16(19)18-10-13-5-4-8-17-9-13/h4-9H,10H2,1-3H3,(H,18,19). The zero-order chi connectivity index (χ0) is 14.5. The van der Waals surface area contributed by atoms with Gasteiger partial charge in [0.15, 0.2) is 0 Å². The first-order valence-electron chi connectivity index (χ1n) is 6.44. The van der Waals surface area contributed by atoms with Gasteiger partial charge >= 0.3 is 0 Å². The Balaban J connectivity index is 2.12. The van der Waals surface area contributed by atoms with Gasteiger partial charge < -0.3 is 10.1 Å². The number of rotatable bonds is 4. The van der Waals surface area contributed by atoms with Crippen molar-refractivity contribution in [2.45, 2.75) is 20.4 Å². The number of hydrogen-bond donors (Lipinski definition) is 1. The normalized spacial score (nSPS) is 10.2. The molecule has 1 amide bonds. The van der Waals surface area contributed by atoms with Crippen molar-refractivity contribution in [3.8, 4) is 5.75 Å². The Hall–Kier alpha value is -2.36. The van der Waals surface area contributed by atoms with Gasteiger partial charge in [-0.05, 0) is 48.7 Å². The first-order valence-corrected chi connectivity index (χ1v) is 6.44. The fourth-order valence-electron chi connectivity index (χ4n) is 2.04. The van der Waals surface area contributed by atoms with Crippen LogP contribution in [0.1, 0.15) is 27.0 Å². The molecule has 4 heteroatoms. The third kappa shape index (κ3) is 2.96. The highest BCUT2D eigenvalue weighted by atomic mass is 16.5. The molecule has 0 radical (unpaired) electrons. The molecule has 20 heavy (non-hydrogen) atoms. The van der Waals surface area contributed by atoms with Gasteiger partial charge in [-0.3, -0.25) is 9.78 Å². The zero-order valence-corrected chi connectivity index (χ0v) is 11.9. The maximum atomic E-state index is 12.2. The molecular formula is C16H18N2O2. The van der Waals surface area contributed by atoms with E-state index in [1.807, 2.05) is 32.0 Å². The quantitative estimate of drug-likeness (QED) is 0.929. The lowest BCUT2D eigenvalue weighted by Crippen LogP contribution is -2.24. The molecule has 1 N–H and O–H groups in total. The van der Waals surface area contributed by atoms with Crippen LogP contribution in [0.25, 0.3) is 0 Å². The molecule has 0 saturated heterocycles. The van der Waals surface area contributed by atoms with Crippen molar-refractivity contribution in [1.29, 1.82) is 0 Å². The Bertz CT molecular complexity index is 609. The molecule has 0 saturated carbocycles. The van der Waals surface area contributed by atoms with Crippen LogP contribution in [0.2, 0.25) is 0 Å². The molecule has 0 aliphatic carbocycles. The Kier molecular flexibility index (Phi) is 4.35. The molecule has 0 atom stereocenters. The van der Waals surface area contributed by atoms with Crippen LogP contribution in [-0.2, 0) is 6.54 Å². The van der Waals surface area contributed by atoms with Gasteiger partial charge in [0.05, 0.1) is 7.11 Å². The van der Waals surface area contributed by atoms with Crippen LogP contribution in [0, 0.1) is 13.8 Å². The fourth-order valence-corrected chi connectivity index (χ4v) is 2.04. The highest BCUT2D eigenvalue weighted by molar-refractivity contribution is 5.96. The summed E-state index contributed by atoms with van der Waals surface area (Å²) >= 11 is 0. The van der Waals surface area contributed by atoms with Crippen molar-refractivity contribution in [3.63, 3.8) is 0 Å². The van der Waals surface area contributed by atoms with Crippen LogP contribution >= 0.6 is 0 Å². The molecular weight excluding hydrogens is 252 g/mol. The van der Waals surface area contributed by atoms with Gasteiger partial charge in [0.1, 0.15) is 5.75 Å². The Morgan fingerprint density at radius 3 is 2.70 bits per heavy atom. The number of amides is 1. The minimum atomic E-state index is -0.0860. The lowest BCUT2D eigenvalue weighted by molar-refractivity contribution is 0.0950. The van der Waals surface area contributed by atoms with E-state index in [1.54, 1.807) is 25.6 Å². The third-order valence-corrected chi connectivity index (χ3v) is 3.38. The lowest BCUT2D eigenvalue weighted by atomic mass is 10.0.